The molecule has 0 bridgehead atoms. The molecule has 2 aromatic carbocycles. The lowest BCUT2D eigenvalue weighted by Gasteiger charge is -2.18. The highest BCUT2D eigenvalue weighted by molar-refractivity contribution is 5.90. The van der Waals surface area contributed by atoms with Gasteiger partial charge in [0.05, 0.1) is 11.8 Å². The van der Waals surface area contributed by atoms with Gasteiger partial charge in [0.2, 0.25) is 5.75 Å². The molecule has 0 radical (unpaired) electrons. The van der Waals surface area contributed by atoms with Crippen LogP contribution in [-0.2, 0) is 13.0 Å². The molecule has 34 heavy (non-hydrogen) atoms. The molecule has 4 aromatic rings. The zero-order chi connectivity index (χ0) is 24.2. The minimum Gasteiger partial charge on any atom is -0.481 e. The Hall–Kier alpha value is -4.04. The van der Waals surface area contributed by atoms with Crippen molar-refractivity contribution in [3.8, 4) is 11.6 Å². The maximum atomic E-state index is 13.3. The summed E-state index contributed by atoms with van der Waals surface area (Å²) in [5, 5.41) is 20.1. The van der Waals surface area contributed by atoms with Crippen molar-refractivity contribution >= 4 is 17.1 Å². The number of pyridine rings is 2. The van der Waals surface area contributed by atoms with E-state index in [0.29, 0.717) is 23.0 Å². The Balaban J connectivity index is 1.84. The number of aliphatic hydroxyl groups is 1. The van der Waals surface area contributed by atoms with Crippen molar-refractivity contribution in [2.24, 2.45) is 0 Å². The van der Waals surface area contributed by atoms with Crippen molar-refractivity contribution in [3.05, 3.63) is 94.6 Å². The van der Waals surface area contributed by atoms with Gasteiger partial charge in [0.25, 0.3) is 5.88 Å². The van der Waals surface area contributed by atoms with Crippen molar-refractivity contribution < 1.29 is 28.9 Å². The van der Waals surface area contributed by atoms with Crippen molar-refractivity contribution in [1.82, 2.24) is 9.97 Å². The van der Waals surface area contributed by atoms with E-state index in [1.165, 1.54) is 19.1 Å². The number of aryl methyl sites for hydroxylation is 1. The second kappa shape index (κ2) is 9.84. The maximum Gasteiger partial charge on any atom is 0.512 e. The first kappa shape index (κ1) is 23.1. The van der Waals surface area contributed by atoms with Gasteiger partial charge in [-0.3, -0.25) is 0 Å². The van der Waals surface area contributed by atoms with Gasteiger partial charge in [0, 0.05) is 11.1 Å². The maximum absolute atomic E-state index is 13.3. The van der Waals surface area contributed by atoms with Gasteiger partial charge in [-0.15, -0.1) is 0 Å². The van der Waals surface area contributed by atoms with Crippen LogP contribution in [0.3, 0.4) is 0 Å². The van der Waals surface area contributed by atoms with E-state index in [1.807, 2.05) is 43.3 Å². The van der Waals surface area contributed by atoms with Crippen LogP contribution in [0.25, 0.3) is 10.9 Å². The number of carboxylic acid groups (broad SMARTS) is 1. The molecule has 2 aromatic heterocycles. The van der Waals surface area contributed by atoms with Crippen LogP contribution in [0.5, 0.6) is 11.6 Å². The molecule has 0 fully saturated rings. The van der Waals surface area contributed by atoms with E-state index in [1.54, 1.807) is 12.1 Å². The lowest BCUT2D eigenvalue weighted by atomic mass is 10.00. The molecule has 1 atom stereocenters. The normalized spacial score (nSPS) is 11.9. The van der Waals surface area contributed by atoms with E-state index in [-0.39, 0.29) is 29.7 Å². The molecule has 0 spiro atoms. The Labute approximate surface area is 195 Å². The number of nitrogens with zero attached hydrogens (tertiary/aromatic N) is 2. The first-order valence-electron chi connectivity index (χ1n) is 10.7. The van der Waals surface area contributed by atoms with Crippen LogP contribution < -0.4 is 9.47 Å². The predicted molar refractivity (Wildman–Crippen MR) is 124 cm³/mol. The molecule has 1 unspecified atom stereocenters. The van der Waals surface area contributed by atoms with Crippen LogP contribution in [0.4, 0.5) is 9.18 Å². The monoisotopic (exact) mass is 462 g/mol. The fourth-order valence-electron chi connectivity index (χ4n) is 3.67. The van der Waals surface area contributed by atoms with Gasteiger partial charge in [-0.1, -0.05) is 42.5 Å². The minimum absolute atomic E-state index is 0.0714. The summed E-state index contributed by atoms with van der Waals surface area (Å²) in [5.41, 5.74) is 3.82. The standard InChI is InChI=1S/C26H23FN2O5/c1-15-19(12-17-8-10-20(27)11-9-17)13-21-22(16(2)30)29-25(34-26(31)32)24(23(21)28-15)33-14-18-6-4-3-5-7-18/h3-11,13,16,30H,12,14H2,1-2H3,(H,31,32). The topological polar surface area (TPSA) is 102 Å². The smallest absolute Gasteiger partial charge is 0.481 e. The summed E-state index contributed by atoms with van der Waals surface area (Å²) in [6.45, 7) is 3.48. The van der Waals surface area contributed by atoms with E-state index in [9.17, 15) is 19.4 Å². The predicted octanol–water partition coefficient (Wildman–Crippen LogP) is 5.36. The number of rotatable bonds is 7. The third-order valence-corrected chi connectivity index (χ3v) is 5.34. The molecule has 0 aliphatic heterocycles. The number of ether oxygens (including phenoxy) is 2. The van der Waals surface area contributed by atoms with E-state index in [2.05, 4.69) is 9.97 Å². The molecule has 0 amide bonds. The number of aromatic nitrogens is 2. The Kier molecular flexibility index (Phi) is 6.70. The summed E-state index contributed by atoms with van der Waals surface area (Å²) in [7, 11) is 0. The molecule has 4 rings (SSSR count). The molecule has 0 aliphatic rings. The summed E-state index contributed by atoms with van der Waals surface area (Å²) >= 11 is 0. The summed E-state index contributed by atoms with van der Waals surface area (Å²) < 4.78 is 24.2. The number of hydrogen-bond donors (Lipinski definition) is 2. The van der Waals surface area contributed by atoms with Crippen molar-refractivity contribution in [3.63, 3.8) is 0 Å². The number of halogens is 1. The molecule has 0 aliphatic carbocycles. The van der Waals surface area contributed by atoms with E-state index in [4.69, 9.17) is 9.47 Å². The van der Waals surface area contributed by atoms with E-state index in [0.717, 1.165) is 16.7 Å². The Morgan fingerprint density at radius 3 is 2.41 bits per heavy atom. The molecule has 2 N–H and O–H groups in total. The molecule has 0 saturated carbocycles. The van der Waals surface area contributed by atoms with Crippen molar-refractivity contribution in [1.29, 1.82) is 0 Å². The molecule has 8 heteroatoms. The van der Waals surface area contributed by atoms with Gasteiger partial charge in [-0.2, -0.15) is 0 Å². The summed E-state index contributed by atoms with van der Waals surface area (Å²) in [6.07, 6.45) is -2.09. The highest BCUT2D eigenvalue weighted by Gasteiger charge is 2.23. The molecule has 2 heterocycles. The lowest BCUT2D eigenvalue weighted by Crippen LogP contribution is -2.11. The largest absolute Gasteiger partial charge is 0.512 e. The molecule has 7 nitrogen and oxygen atoms in total. The van der Waals surface area contributed by atoms with Gasteiger partial charge in [-0.25, -0.2) is 19.2 Å². The number of fused-ring (bicyclic) bond motifs is 1. The number of hydrogen-bond acceptors (Lipinski definition) is 6. The summed E-state index contributed by atoms with van der Waals surface area (Å²) in [4.78, 5) is 20.3. The lowest BCUT2D eigenvalue weighted by molar-refractivity contribution is 0.138. The highest BCUT2D eigenvalue weighted by atomic mass is 19.1. The fourth-order valence-corrected chi connectivity index (χ4v) is 3.67. The third-order valence-electron chi connectivity index (χ3n) is 5.34. The SMILES string of the molecule is Cc1nc2c(OCc3ccccc3)c(OC(=O)O)nc(C(C)O)c2cc1Cc1ccc(F)cc1. The zero-order valence-corrected chi connectivity index (χ0v) is 18.7. The number of carbonyl (C=O) groups is 1. The first-order valence-corrected chi connectivity index (χ1v) is 10.7. The Bertz CT molecular complexity index is 1330. The highest BCUT2D eigenvalue weighted by Crippen LogP contribution is 2.38. The van der Waals surface area contributed by atoms with Gasteiger partial charge in [0.15, 0.2) is 0 Å². The average Bonchev–Trinajstić information content (AvgIpc) is 2.80. The first-order chi connectivity index (χ1) is 16.3. The third kappa shape index (κ3) is 5.13. The average molecular weight is 462 g/mol. The van der Waals surface area contributed by atoms with Crippen LogP contribution in [0.2, 0.25) is 0 Å². The molecular formula is C26H23FN2O5. The second-order valence-electron chi connectivity index (χ2n) is 7.88. The van der Waals surface area contributed by atoms with Crippen LogP contribution >= 0.6 is 0 Å². The van der Waals surface area contributed by atoms with Crippen LogP contribution in [0.15, 0.2) is 60.7 Å². The van der Waals surface area contributed by atoms with Gasteiger partial charge < -0.3 is 19.7 Å². The number of benzene rings is 2. The van der Waals surface area contributed by atoms with Crippen LogP contribution in [0.1, 0.15) is 41.1 Å². The quantitative estimate of drug-likeness (QED) is 0.357. The second-order valence-corrected chi connectivity index (χ2v) is 7.88. The Morgan fingerprint density at radius 2 is 1.76 bits per heavy atom. The van der Waals surface area contributed by atoms with E-state index >= 15 is 0 Å². The van der Waals surface area contributed by atoms with Gasteiger partial charge in [-0.05, 0) is 55.2 Å². The van der Waals surface area contributed by atoms with Crippen LogP contribution in [0, 0.1) is 12.7 Å². The summed E-state index contributed by atoms with van der Waals surface area (Å²) in [5.74, 6) is -0.532. The molecular weight excluding hydrogens is 439 g/mol. The summed E-state index contributed by atoms with van der Waals surface area (Å²) in [6, 6.07) is 17.4. The fraction of sp³-hybridized carbons (Fsp3) is 0.192. The molecule has 0 saturated heterocycles. The zero-order valence-electron chi connectivity index (χ0n) is 18.7. The van der Waals surface area contributed by atoms with E-state index < -0.39 is 12.3 Å². The Morgan fingerprint density at radius 1 is 1.06 bits per heavy atom. The van der Waals surface area contributed by atoms with Crippen LogP contribution in [-0.4, -0.2) is 26.3 Å². The van der Waals surface area contributed by atoms with Crippen molar-refractivity contribution in [2.75, 3.05) is 0 Å². The van der Waals surface area contributed by atoms with Crippen molar-refractivity contribution in [2.45, 2.75) is 33.0 Å². The molecule has 174 valence electrons. The van der Waals surface area contributed by atoms with Gasteiger partial charge in [0.1, 0.15) is 17.9 Å². The van der Waals surface area contributed by atoms with Gasteiger partial charge >= 0.3 is 6.16 Å². The number of aliphatic hydroxyl groups excluding tert-OH is 1. The minimum atomic E-state index is -1.56.